The van der Waals surface area contributed by atoms with Gasteiger partial charge >= 0.3 is 18.2 Å². The van der Waals surface area contributed by atoms with Gasteiger partial charge in [-0.15, -0.1) is 0 Å². The molecule has 0 aromatic heterocycles. The number of benzene rings is 4. The highest BCUT2D eigenvalue weighted by Crippen LogP contribution is 2.44. The summed E-state index contributed by atoms with van der Waals surface area (Å²) in [5.74, 6) is -1.57. The van der Waals surface area contributed by atoms with E-state index in [2.05, 4.69) is 93.5 Å². The number of amides is 1. The summed E-state index contributed by atoms with van der Waals surface area (Å²) in [5.41, 5.74) is 4.21. The first-order chi connectivity index (χ1) is 22.4. The van der Waals surface area contributed by atoms with Crippen LogP contribution in [0.1, 0.15) is 57.6 Å². The first-order valence-electron chi connectivity index (χ1n) is 15.1. The van der Waals surface area contributed by atoms with Gasteiger partial charge in [-0.1, -0.05) is 82.1 Å². The van der Waals surface area contributed by atoms with Crippen LogP contribution in [0.5, 0.6) is 0 Å². The number of ether oxygens (including phenoxy) is 1. The van der Waals surface area contributed by atoms with Crippen LogP contribution in [0.25, 0.3) is 21.5 Å². The second kappa shape index (κ2) is 14.3. The Morgan fingerprint density at radius 3 is 1.62 bits per heavy atom. The quantitative estimate of drug-likeness (QED) is 0.121. The number of rotatable bonds is 0. The number of alkyl halides is 3. The van der Waals surface area contributed by atoms with Gasteiger partial charge in [-0.05, 0) is 77.7 Å². The maximum absolute atomic E-state index is 12.5. The van der Waals surface area contributed by atoms with Crippen LogP contribution in [0.2, 0.25) is 0 Å². The van der Waals surface area contributed by atoms with Crippen molar-refractivity contribution in [1.82, 2.24) is 5.32 Å². The topological polar surface area (TPSA) is 106 Å². The Bertz CT molecular complexity index is 1880. The molecule has 2 heterocycles. The number of nitrogens with one attached hydrogen (secondary N) is 2. The van der Waals surface area contributed by atoms with E-state index in [1.165, 1.54) is 32.7 Å². The van der Waals surface area contributed by atoms with Gasteiger partial charge in [-0.2, -0.15) is 13.2 Å². The van der Waals surface area contributed by atoms with E-state index in [9.17, 15) is 18.0 Å². The van der Waals surface area contributed by atoms with E-state index < -0.39 is 17.7 Å². The molecule has 0 fully saturated rings. The minimum absolute atomic E-state index is 0.271. The number of anilines is 2. The number of fused-ring (bicyclic) bond motifs is 6. The van der Waals surface area contributed by atoms with E-state index >= 15 is 0 Å². The average molecular weight is 795 g/mol. The maximum atomic E-state index is 12.5. The number of carbonyl (C=O) groups excluding carboxylic acids is 1. The minimum Gasteiger partial charge on any atom is -0.475 e. The van der Waals surface area contributed by atoms with Crippen molar-refractivity contribution in [3.8, 4) is 0 Å². The van der Waals surface area contributed by atoms with Crippen molar-refractivity contribution in [1.29, 1.82) is 5.41 Å². The van der Waals surface area contributed by atoms with Crippen LogP contribution >= 0.6 is 31.9 Å². The lowest BCUT2D eigenvalue weighted by atomic mass is 9.96. The fourth-order valence-corrected chi connectivity index (χ4v) is 6.93. The summed E-state index contributed by atoms with van der Waals surface area (Å²) in [7, 11) is 1.79. The van der Waals surface area contributed by atoms with Crippen LogP contribution in [0.15, 0.2) is 69.6 Å². The third-order valence-electron chi connectivity index (χ3n) is 7.90. The van der Waals surface area contributed by atoms with Gasteiger partial charge in [-0.3, -0.25) is 10.3 Å². The summed E-state index contributed by atoms with van der Waals surface area (Å²) in [5, 5.41) is 23.0. The van der Waals surface area contributed by atoms with Crippen molar-refractivity contribution < 1.29 is 32.6 Å². The van der Waals surface area contributed by atoms with E-state index in [4.69, 9.17) is 20.0 Å². The molecule has 0 spiro atoms. The molecule has 2 unspecified atom stereocenters. The van der Waals surface area contributed by atoms with Gasteiger partial charge in [0, 0.05) is 46.6 Å². The van der Waals surface area contributed by atoms with Crippen LogP contribution in [0.3, 0.4) is 0 Å². The van der Waals surface area contributed by atoms with E-state index in [1.54, 1.807) is 11.9 Å². The molecular weight excluding hydrogens is 757 g/mol. The van der Waals surface area contributed by atoms with Crippen LogP contribution < -0.4 is 15.1 Å². The van der Waals surface area contributed by atoms with Gasteiger partial charge in [0.1, 0.15) is 5.60 Å². The Hall–Kier alpha value is -3.84. The second-order valence-electron chi connectivity index (χ2n) is 12.6. The first-order valence-corrected chi connectivity index (χ1v) is 16.7. The van der Waals surface area contributed by atoms with Crippen molar-refractivity contribution >= 4 is 82.8 Å². The van der Waals surface area contributed by atoms with Gasteiger partial charge in [0.15, 0.2) is 5.96 Å². The maximum Gasteiger partial charge on any atom is 0.490 e. The van der Waals surface area contributed by atoms with Crippen molar-refractivity contribution in [2.75, 3.05) is 29.9 Å². The lowest BCUT2D eigenvalue weighted by molar-refractivity contribution is -0.192. The summed E-state index contributed by atoms with van der Waals surface area (Å²) in [6, 6.07) is 20.9. The fraction of sp³-hybridized carbons (Fsp3) is 0.343. The highest BCUT2D eigenvalue weighted by molar-refractivity contribution is 9.11. The zero-order valence-corrected chi connectivity index (χ0v) is 30.5. The standard InChI is InChI=1S/C18H20BrNO2.C15H16BrN3.C2HF3O2/c1-11-10-20(17(21)22-18(2,3)4)15-9-8-12-13(16(11)15)6-5-7-14(12)19;1-9-8-19(15(17)18-2)13-7-6-10-11(14(9)13)4-3-5-12(10)16;3-2(4,5)1(6)7/h5-9,11H,10H2,1-4H3;3-7,9H,8H2,1-2H3,(H2,17,18);(H,6,7). The van der Waals surface area contributed by atoms with E-state index in [1.807, 2.05) is 43.9 Å². The predicted molar refractivity (Wildman–Crippen MR) is 192 cm³/mol. The van der Waals surface area contributed by atoms with Crippen molar-refractivity contribution in [2.24, 2.45) is 0 Å². The molecule has 2 atom stereocenters. The van der Waals surface area contributed by atoms with Crippen LogP contribution in [0.4, 0.5) is 29.3 Å². The molecule has 0 aliphatic carbocycles. The van der Waals surface area contributed by atoms with Crippen molar-refractivity contribution in [3.05, 3.63) is 80.7 Å². The molecule has 3 N–H and O–H groups in total. The predicted octanol–water partition coefficient (Wildman–Crippen LogP) is 9.77. The average Bonchev–Trinajstić information content (AvgIpc) is 3.53. The lowest BCUT2D eigenvalue weighted by Crippen LogP contribution is -2.37. The lowest BCUT2D eigenvalue weighted by Gasteiger charge is -2.25. The Balaban J connectivity index is 0.000000183. The number of hydrogen-bond acceptors (Lipinski definition) is 4. The molecule has 4 aromatic rings. The second-order valence-corrected chi connectivity index (χ2v) is 14.3. The van der Waals surface area contributed by atoms with Gasteiger partial charge in [0.25, 0.3) is 0 Å². The molecule has 0 saturated heterocycles. The normalized spacial score (nSPS) is 16.7. The fourth-order valence-electron chi connectivity index (χ4n) is 5.93. The zero-order chi connectivity index (χ0) is 35.7. The summed E-state index contributed by atoms with van der Waals surface area (Å²) < 4.78 is 39.5. The molecule has 8 nitrogen and oxygen atoms in total. The SMILES string of the molecule is CC1CN(C(=O)OC(C)(C)C)c2ccc3c(Br)cccc3c21.CNC(=N)N1CC(C)c2c1ccc1c(Br)cccc21.O=C(O)C(F)(F)F. The minimum atomic E-state index is -5.08. The Labute approximate surface area is 294 Å². The smallest absolute Gasteiger partial charge is 0.475 e. The van der Waals surface area contributed by atoms with Crippen LogP contribution in [-0.4, -0.2) is 55.0 Å². The number of carbonyl (C=O) groups is 2. The summed E-state index contributed by atoms with van der Waals surface area (Å²) >= 11 is 7.22. The third-order valence-corrected chi connectivity index (χ3v) is 9.28. The highest BCUT2D eigenvalue weighted by Gasteiger charge is 2.38. The first kappa shape index (κ1) is 37.0. The monoisotopic (exact) mass is 792 g/mol. The number of carboxylic acid groups (broad SMARTS) is 1. The molecule has 1 amide bonds. The molecular formula is C35H37Br2F3N4O4. The number of aliphatic carboxylic acids is 1. The summed E-state index contributed by atoms with van der Waals surface area (Å²) in [6.45, 7) is 11.6. The van der Waals surface area contributed by atoms with Gasteiger partial charge in [0.05, 0.1) is 5.69 Å². The molecule has 2 aliphatic heterocycles. The van der Waals surface area contributed by atoms with Crippen LogP contribution in [-0.2, 0) is 9.53 Å². The van der Waals surface area contributed by atoms with E-state index in [0.717, 1.165) is 26.9 Å². The molecule has 0 bridgehead atoms. The molecule has 6 rings (SSSR count). The van der Waals surface area contributed by atoms with E-state index in [-0.39, 0.29) is 6.09 Å². The summed E-state index contributed by atoms with van der Waals surface area (Å²) in [4.78, 5) is 25.2. The Morgan fingerprint density at radius 2 is 1.23 bits per heavy atom. The molecule has 48 heavy (non-hydrogen) atoms. The van der Waals surface area contributed by atoms with Crippen molar-refractivity contribution in [3.63, 3.8) is 0 Å². The molecule has 0 saturated carbocycles. The number of hydrogen-bond donors (Lipinski definition) is 3. The molecule has 256 valence electrons. The molecule has 13 heteroatoms. The number of nitrogens with zero attached hydrogens (tertiary/aromatic N) is 2. The van der Waals surface area contributed by atoms with Crippen molar-refractivity contribution in [2.45, 2.75) is 58.2 Å². The molecule has 0 radical (unpaired) electrons. The molecule has 2 aliphatic rings. The Kier molecular flexibility index (Phi) is 11.0. The third kappa shape index (κ3) is 7.89. The van der Waals surface area contributed by atoms with E-state index in [0.29, 0.717) is 24.3 Å². The zero-order valence-electron chi connectivity index (χ0n) is 27.3. The highest BCUT2D eigenvalue weighted by atomic mass is 79.9. The number of guanidine groups is 1. The van der Waals surface area contributed by atoms with Crippen LogP contribution in [0, 0.1) is 5.41 Å². The van der Waals surface area contributed by atoms with Gasteiger partial charge in [0.2, 0.25) is 0 Å². The van der Waals surface area contributed by atoms with Gasteiger partial charge in [-0.25, -0.2) is 9.59 Å². The largest absolute Gasteiger partial charge is 0.490 e. The summed E-state index contributed by atoms with van der Waals surface area (Å²) in [6.07, 6.45) is -5.35. The Morgan fingerprint density at radius 1 is 0.812 bits per heavy atom. The number of halogens is 5. The number of carboxylic acids is 1. The van der Waals surface area contributed by atoms with Gasteiger partial charge < -0.3 is 20.1 Å². The molecule has 4 aromatic carbocycles.